The minimum atomic E-state index is -3.81. The lowest BCUT2D eigenvalue weighted by Crippen LogP contribution is -2.35. The average molecular weight is 465 g/mol. The van der Waals surface area contributed by atoms with Crippen molar-refractivity contribution in [2.75, 3.05) is 19.7 Å². The second kappa shape index (κ2) is 10.3. The molecule has 7 nitrogen and oxygen atoms in total. The fraction of sp³-hybridized carbons (Fsp3) is 0.364. The highest BCUT2D eigenvalue weighted by molar-refractivity contribution is 7.89. The van der Waals surface area contributed by atoms with E-state index in [2.05, 4.69) is 5.32 Å². The number of benzene rings is 2. The van der Waals surface area contributed by atoms with Gasteiger partial charge >= 0.3 is 5.97 Å². The first-order valence-electron chi connectivity index (χ1n) is 10.1. The van der Waals surface area contributed by atoms with Crippen LogP contribution in [0.2, 0.25) is 5.02 Å². The Bertz CT molecular complexity index is 1050. The van der Waals surface area contributed by atoms with Crippen molar-refractivity contribution in [1.29, 1.82) is 0 Å². The van der Waals surface area contributed by atoms with Crippen LogP contribution in [0, 0.1) is 6.92 Å². The smallest absolute Gasteiger partial charge is 0.338 e. The van der Waals surface area contributed by atoms with E-state index in [1.807, 2.05) is 31.2 Å². The van der Waals surface area contributed by atoms with E-state index in [4.69, 9.17) is 16.3 Å². The molecule has 2 aromatic carbocycles. The van der Waals surface area contributed by atoms with Crippen LogP contribution in [-0.2, 0) is 26.1 Å². The number of sulfonamides is 1. The van der Waals surface area contributed by atoms with Crippen LogP contribution in [0.4, 0.5) is 0 Å². The minimum Gasteiger partial charge on any atom is -0.452 e. The number of hydrogen-bond donors (Lipinski definition) is 1. The molecule has 0 aliphatic carbocycles. The highest BCUT2D eigenvalue weighted by atomic mass is 35.5. The summed E-state index contributed by atoms with van der Waals surface area (Å²) in [6.07, 6.45) is 2.56. The molecule has 0 aromatic heterocycles. The quantitative estimate of drug-likeness (QED) is 0.634. The first-order chi connectivity index (χ1) is 14.8. The third-order valence-corrected chi connectivity index (χ3v) is 7.42. The van der Waals surface area contributed by atoms with Crippen molar-refractivity contribution >= 4 is 33.5 Å². The number of carbonyl (C=O) groups is 2. The van der Waals surface area contributed by atoms with Crippen LogP contribution in [0.1, 0.15) is 40.7 Å². The summed E-state index contributed by atoms with van der Waals surface area (Å²) < 4.78 is 32.3. The van der Waals surface area contributed by atoms with Crippen LogP contribution < -0.4 is 5.32 Å². The Labute approximate surface area is 187 Å². The molecule has 1 saturated heterocycles. The van der Waals surface area contributed by atoms with E-state index < -0.39 is 28.5 Å². The van der Waals surface area contributed by atoms with Gasteiger partial charge in [-0.2, -0.15) is 4.31 Å². The molecule has 0 radical (unpaired) electrons. The molecule has 0 atom stereocenters. The van der Waals surface area contributed by atoms with E-state index >= 15 is 0 Å². The standard InChI is InChI=1S/C22H25ClN2O5S/c1-16-5-7-17(8-6-16)14-24-21(26)15-30-22(27)18-9-10-19(23)20(13-18)31(28,29)25-11-3-2-4-12-25/h5-10,13H,2-4,11-12,14-15H2,1H3,(H,24,26). The maximum absolute atomic E-state index is 12.9. The number of nitrogens with zero attached hydrogens (tertiary/aromatic N) is 1. The van der Waals surface area contributed by atoms with Crippen molar-refractivity contribution < 1.29 is 22.7 Å². The van der Waals surface area contributed by atoms with Crippen molar-refractivity contribution in [3.8, 4) is 0 Å². The van der Waals surface area contributed by atoms with Crippen molar-refractivity contribution in [3.05, 3.63) is 64.2 Å². The number of piperidine rings is 1. The van der Waals surface area contributed by atoms with E-state index in [1.165, 1.54) is 22.5 Å². The second-order valence-corrected chi connectivity index (χ2v) is 9.76. The number of halogens is 1. The van der Waals surface area contributed by atoms with Gasteiger partial charge in [-0.25, -0.2) is 13.2 Å². The molecule has 3 rings (SSSR count). The predicted octanol–water partition coefficient (Wildman–Crippen LogP) is 3.30. The summed E-state index contributed by atoms with van der Waals surface area (Å²) in [6.45, 7) is 2.67. The lowest BCUT2D eigenvalue weighted by atomic mass is 10.1. The fourth-order valence-electron chi connectivity index (χ4n) is 3.24. The summed E-state index contributed by atoms with van der Waals surface area (Å²) in [4.78, 5) is 24.2. The predicted molar refractivity (Wildman–Crippen MR) is 117 cm³/mol. The number of aryl methyl sites for hydroxylation is 1. The molecule has 166 valence electrons. The van der Waals surface area contributed by atoms with Crippen molar-refractivity contribution in [3.63, 3.8) is 0 Å². The Morgan fingerprint density at radius 2 is 1.74 bits per heavy atom. The topological polar surface area (TPSA) is 92.8 Å². The normalized spacial score (nSPS) is 14.8. The third-order valence-electron chi connectivity index (χ3n) is 5.04. The zero-order valence-electron chi connectivity index (χ0n) is 17.3. The molecule has 0 bridgehead atoms. The van der Waals surface area contributed by atoms with Gasteiger partial charge in [0.2, 0.25) is 10.0 Å². The van der Waals surface area contributed by atoms with Crippen LogP contribution in [0.15, 0.2) is 47.4 Å². The lowest BCUT2D eigenvalue weighted by molar-refractivity contribution is -0.124. The summed E-state index contributed by atoms with van der Waals surface area (Å²) >= 11 is 6.12. The summed E-state index contributed by atoms with van der Waals surface area (Å²) in [7, 11) is -3.81. The summed E-state index contributed by atoms with van der Waals surface area (Å²) in [5, 5.41) is 2.71. The molecular formula is C22H25ClN2O5S. The average Bonchev–Trinajstić information content (AvgIpc) is 2.78. The van der Waals surface area contributed by atoms with Crippen molar-refractivity contribution in [1.82, 2.24) is 9.62 Å². The van der Waals surface area contributed by atoms with E-state index in [0.29, 0.717) is 19.6 Å². The van der Waals surface area contributed by atoms with Gasteiger partial charge in [0.25, 0.3) is 5.91 Å². The molecule has 1 amide bonds. The van der Waals surface area contributed by atoms with E-state index in [0.717, 1.165) is 30.4 Å². The number of rotatable bonds is 7. The summed E-state index contributed by atoms with van der Waals surface area (Å²) in [5.41, 5.74) is 2.07. The Kier molecular flexibility index (Phi) is 7.69. The van der Waals surface area contributed by atoms with Gasteiger partial charge in [-0.15, -0.1) is 0 Å². The molecule has 1 fully saturated rings. The van der Waals surface area contributed by atoms with Gasteiger partial charge < -0.3 is 10.1 Å². The van der Waals surface area contributed by atoms with Gasteiger partial charge in [-0.05, 0) is 43.5 Å². The Balaban J connectivity index is 1.60. The molecule has 31 heavy (non-hydrogen) atoms. The molecule has 0 saturated carbocycles. The number of amides is 1. The van der Waals surface area contributed by atoms with Gasteiger partial charge in [-0.1, -0.05) is 47.9 Å². The minimum absolute atomic E-state index is 0.0197. The molecule has 1 heterocycles. The van der Waals surface area contributed by atoms with E-state index in [9.17, 15) is 18.0 Å². The maximum Gasteiger partial charge on any atom is 0.338 e. The van der Waals surface area contributed by atoms with Crippen molar-refractivity contribution in [2.24, 2.45) is 0 Å². The summed E-state index contributed by atoms with van der Waals surface area (Å²) in [5.74, 6) is -1.25. The molecular weight excluding hydrogens is 440 g/mol. The summed E-state index contributed by atoms with van der Waals surface area (Å²) in [6, 6.07) is 11.6. The fourth-order valence-corrected chi connectivity index (χ4v) is 5.26. The number of hydrogen-bond acceptors (Lipinski definition) is 5. The van der Waals surface area contributed by atoms with Crippen LogP contribution in [0.25, 0.3) is 0 Å². The van der Waals surface area contributed by atoms with Crippen molar-refractivity contribution in [2.45, 2.75) is 37.6 Å². The largest absolute Gasteiger partial charge is 0.452 e. The molecule has 1 N–H and O–H groups in total. The highest BCUT2D eigenvalue weighted by Gasteiger charge is 2.29. The highest BCUT2D eigenvalue weighted by Crippen LogP contribution is 2.28. The Hall–Kier alpha value is -2.42. The van der Waals surface area contributed by atoms with Gasteiger partial charge in [-0.3, -0.25) is 4.79 Å². The third kappa shape index (κ3) is 6.06. The number of nitrogens with one attached hydrogen (secondary N) is 1. The first kappa shape index (κ1) is 23.2. The number of esters is 1. The zero-order chi connectivity index (χ0) is 22.4. The van der Waals surface area contributed by atoms with Crippen LogP contribution in [-0.4, -0.2) is 44.3 Å². The van der Waals surface area contributed by atoms with Gasteiger partial charge in [0.05, 0.1) is 10.6 Å². The zero-order valence-corrected chi connectivity index (χ0v) is 18.8. The lowest BCUT2D eigenvalue weighted by Gasteiger charge is -2.26. The molecule has 1 aliphatic rings. The van der Waals surface area contributed by atoms with Crippen LogP contribution >= 0.6 is 11.6 Å². The Morgan fingerprint density at radius 1 is 1.06 bits per heavy atom. The molecule has 0 unspecified atom stereocenters. The SMILES string of the molecule is Cc1ccc(CNC(=O)COC(=O)c2ccc(Cl)c(S(=O)(=O)N3CCCCC3)c2)cc1. The molecule has 1 aliphatic heterocycles. The molecule has 2 aromatic rings. The van der Waals surface area contributed by atoms with Gasteiger partial charge in [0.15, 0.2) is 6.61 Å². The monoisotopic (exact) mass is 464 g/mol. The second-order valence-electron chi connectivity index (χ2n) is 7.45. The van der Waals surface area contributed by atoms with Gasteiger partial charge in [0.1, 0.15) is 4.90 Å². The van der Waals surface area contributed by atoms with E-state index in [1.54, 1.807) is 0 Å². The number of carbonyl (C=O) groups excluding carboxylic acids is 2. The number of ether oxygens (including phenoxy) is 1. The van der Waals surface area contributed by atoms with Crippen LogP contribution in [0.3, 0.4) is 0 Å². The van der Waals surface area contributed by atoms with Crippen LogP contribution in [0.5, 0.6) is 0 Å². The maximum atomic E-state index is 12.9. The molecule has 9 heteroatoms. The molecule has 0 spiro atoms. The first-order valence-corrected chi connectivity index (χ1v) is 11.9. The Morgan fingerprint density at radius 3 is 2.42 bits per heavy atom. The van der Waals surface area contributed by atoms with Gasteiger partial charge in [0, 0.05) is 19.6 Å². The van der Waals surface area contributed by atoms with E-state index in [-0.39, 0.29) is 15.5 Å².